The fraction of sp³-hybridized carbons (Fsp3) is 0.0952. The zero-order valence-electron chi connectivity index (χ0n) is 13.3. The minimum atomic E-state index is -0.468. The first-order chi connectivity index (χ1) is 11.8. The zero-order chi connectivity index (χ0) is 16.8. The molecular weight excluding hydrogens is 300 g/mol. The molecule has 120 valence electrons. The number of benzene rings is 3. The lowest BCUT2D eigenvalue weighted by molar-refractivity contribution is -0.128. The summed E-state index contributed by atoms with van der Waals surface area (Å²) in [6, 6.07) is 21.6. The lowest BCUT2D eigenvalue weighted by Crippen LogP contribution is -2.03. The van der Waals surface area contributed by atoms with Crippen molar-refractivity contribution in [3.8, 4) is 11.5 Å². The van der Waals surface area contributed by atoms with E-state index in [4.69, 9.17) is 9.47 Å². The summed E-state index contributed by atoms with van der Waals surface area (Å²) in [6.45, 7) is 4.00. The summed E-state index contributed by atoms with van der Waals surface area (Å²) in [5.74, 6) is 0.850. The predicted molar refractivity (Wildman–Crippen MR) is 95.4 cm³/mol. The van der Waals surface area contributed by atoms with Crippen molar-refractivity contribution in [2.24, 2.45) is 0 Å². The average molecular weight is 318 g/mol. The monoisotopic (exact) mass is 318 g/mol. The molecule has 0 amide bonds. The molecule has 0 unspecified atom stereocenters. The van der Waals surface area contributed by atoms with Crippen molar-refractivity contribution in [2.75, 3.05) is 6.61 Å². The van der Waals surface area contributed by atoms with Gasteiger partial charge >= 0.3 is 5.97 Å². The van der Waals surface area contributed by atoms with Crippen LogP contribution in [0.25, 0.3) is 10.8 Å². The van der Waals surface area contributed by atoms with Gasteiger partial charge in [-0.2, -0.15) is 0 Å². The summed E-state index contributed by atoms with van der Waals surface area (Å²) in [4.78, 5) is 11.3. The fourth-order valence-electron chi connectivity index (χ4n) is 2.50. The van der Waals surface area contributed by atoms with Crippen molar-refractivity contribution < 1.29 is 14.3 Å². The fourth-order valence-corrected chi connectivity index (χ4v) is 2.50. The van der Waals surface area contributed by atoms with Gasteiger partial charge < -0.3 is 9.47 Å². The van der Waals surface area contributed by atoms with E-state index >= 15 is 0 Å². The Bertz CT molecular complexity index is 853. The molecule has 0 heterocycles. The molecule has 0 bridgehead atoms. The molecule has 3 aromatic carbocycles. The van der Waals surface area contributed by atoms with E-state index in [0.29, 0.717) is 12.4 Å². The summed E-state index contributed by atoms with van der Waals surface area (Å²) in [7, 11) is 0. The largest absolute Gasteiger partial charge is 0.493 e. The normalized spacial score (nSPS) is 10.3. The average Bonchev–Trinajstić information content (AvgIpc) is 2.62. The molecule has 0 N–H and O–H groups in total. The van der Waals surface area contributed by atoms with Gasteiger partial charge in [-0.3, -0.25) is 0 Å². The quantitative estimate of drug-likeness (QED) is 0.380. The van der Waals surface area contributed by atoms with Crippen LogP contribution in [0, 0.1) is 0 Å². The van der Waals surface area contributed by atoms with Crippen LogP contribution in [0.1, 0.15) is 5.56 Å². The molecule has 3 nitrogen and oxygen atoms in total. The number of hydrogen-bond acceptors (Lipinski definition) is 3. The van der Waals surface area contributed by atoms with Gasteiger partial charge in [0, 0.05) is 17.9 Å². The van der Waals surface area contributed by atoms with Crippen LogP contribution in [0.4, 0.5) is 0 Å². The van der Waals surface area contributed by atoms with Crippen LogP contribution in [0.2, 0.25) is 0 Å². The van der Waals surface area contributed by atoms with Crippen molar-refractivity contribution in [1.29, 1.82) is 0 Å². The molecule has 0 aliphatic carbocycles. The topological polar surface area (TPSA) is 35.5 Å². The van der Waals surface area contributed by atoms with Crippen LogP contribution < -0.4 is 9.47 Å². The number of hydrogen-bond donors (Lipinski definition) is 0. The third kappa shape index (κ3) is 3.82. The Kier molecular flexibility index (Phi) is 4.92. The van der Waals surface area contributed by atoms with Gasteiger partial charge in [-0.15, -0.1) is 0 Å². The third-order valence-electron chi connectivity index (χ3n) is 3.69. The van der Waals surface area contributed by atoms with E-state index in [1.54, 1.807) is 6.07 Å². The van der Waals surface area contributed by atoms with Crippen LogP contribution in [0.5, 0.6) is 11.5 Å². The molecule has 0 atom stereocenters. The number of rotatable bonds is 6. The highest BCUT2D eigenvalue weighted by molar-refractivity contribution is 5.90. The molecule has 0 fully saturated rings. The maximum Gasteiger partial charge on any atom is 0.335 e. The Morgan fingerprint density at radius 2 is 1.83 bits per heavy atom. The zero-order valence-corrected chi connectivity index (χ0v) is 13.3. The molecule has 0 aromatic heterocycles. The molecule has 0 aliphatic rings. The van der Waals surface area contributed by atoms with E-state index in [-0.39, 0.29) is 0 Å². The highest BCUT2D eigenvalue weighted by Gasteiger charge is 2.06. The van der Waals surface area contributed by atoms with Crippen molar-refractivity contribution in [3.05, 3.63) is 84.9 Å². The molecule has 0 aliphatic heterocycles. The SMILES string of the molecule is C=CC(=O)Oc1ccc2c(OCCc3ccccc3)cccc2c1. The maximum atomic E-state index is 11.3. The van der Waals surface area contributed by atoms with Crippen LogP contribution in [-0.4, -0.2) is 12.6 Å². The minimum absolute atomic E-state index is 0.468. The van der Waals surface area contributed by atoms with Crippen LogP contribution >= 0.6 is 0 Å². The minimum Gasteiger partial charge on any atom is -0.493 e. The van der Waals surface area contributed by atoms with E-state index in [9.17, 15) is 4.79 Å². The van der Waals surface area contributed by atoms with Gasteiger partial charge in [0.05, 0.1) is 6.61 Å². The lowest BCUT2D eigenvalue weighted by atomic mass is 10.1. The Balaban J connectivity index is 1.74. The number of fused-ring (bicyclic) bond motifs is 1. The number of ether oxygens (including phenoxy) is 2. The lowest BCUT2D eigenvalue weighted by Gasteiger charge is -2.10. The summed E-state index contributed by atoms with van der Waals surface area (Å²) in [6.07, 6.45) is 2.00. The molecule has 3 aromatic rings. The molecule has 0 radical (unpaired) electrons. The molecule has 0 saturated carbocycles. The van der Waals surface area contributed by atoms with Crippen molar-refractivity contribution >= 4 is 16.7 Å². The van der Waals surface area contributed by atoms with E-state index in [0.717, 1.165) is 29.0 Å². The van der Waals surface area contributed by atoms with Crippen LogP contribution in [-0.2, 0) is 11.2 Å². The van der Waals surface area contributed by atoms with Gasteiger partial charge in [-0.05, 0) is 35.2 Å². The summed E-state index contributed by atoms with van der Waals surface area (Å²) in [5.41, 5.74) is 1.25. The second kappa shape index (κ2) is 7.47. The van der Waals surface area contributed by atoms with Gasteiger partial charge in [0.25, 0.3) is 0 Å². The van der Waals surface area contributed by atoms with Gasteiger partial charge in [-0.25, -0.2) is 4.79 Å². The first-order valence-electron chi connectivity index (χ1n) is 7.80. The molecule has 0 spiro atoms. The Hall–Kier alpha value is -3.07. The highest BCUT2D eigenvalue weighted by atomic mass is 16.5. The number of carbonyl (C=O) groups is 1. The smallest absolute Gasteiger partial charge is 0.335 e. The highest BCUT2D eigenvalue weighted by Crippen LogP contribution is 2.29. The predicted octanol–water partition coefficient (Wildman–Crippen LogP) is 4.55. The third-order valence-corrected chi connectivity index (χ3v) is 3.69. The van der Waals surface area contributed by atoms with Crippen molar-refractivity contribution in [1.82, 2.24) is 0 Å². The summed E-state index contributed by atoms with van der Waals surface area (Å²) < 4.78 is 11.1. The van der Waals surface area contributed by atoms with Crippen LogP contribution in [0.15, 0.2) is 79.4 Å². The first-order valence-corrected chi connectivity index (χ1v) is 7.80. The van der Waals surface area contributed by atoms with Crippen molar-refractivity contribution in [2.45, 2.75) is 6.42 Å². The Labute approximate surface area is 141 Å². The number of carbonyl (C=O) groups excluding carboxylic acids is 1. The Morgan fingerprint density at radius 1 is 1.00 bits per heavy atom. The van der Waals surface area contributed by atoms with E-state index in [1.165, 1.54) is 5.56 Å². The first kappa shape index (κ1) is 15.8. The van der Waals surface area contributed by atoms with Crippen LogP contribution in [0.3, 0.4) is 0 Å². The molecule has 3 rings (SSSR count). The number of esters is 1. The Morgan fingerprint density at radius 3 is 2.62 bits per heavy atom. The van der Waals surface area contributed by atoms with E-state index in [1.807, 2.05) is 48.5 Å². The second-order valence-electron chi connectivity index (χ2n) is 5.35. The van der Waals surface area contributed by atoms with Gasteiger partial charge in [-0.1, -0.05) is 49.0 Å². The summed E-state index contributed by atoms with van der Waals surface area (Å²) in [5, 5.41) is 1.95. The van der Waals surface area contributed by atoms with Gasteiger partial charge in [0.2, 0.25) is 0 Å². The standard InChI is InChI=1S/C21H18O3/c1-2-21(22)24-18-11-12-19-17(15-18)9-6-10-20(19)23-14-13-16-7-4-3-5-8-16/h2-12,15H,1,13-14H2. The van der Waals surface area contributed by atoms with Gasteiger partial charge in [0.1, 0.15) is 11.5 Å². The molecule has 3 heteroatoms. The molecule has 0 saturated heterocycles. The van der Waals surface area contributed by atoms with E-state index < -0.39 is 5.97 Å². The molecular formula is C21H18O3. The second-order valence-corrected chi connectivity index (χ2v) is 5.35. The maximum absolute atomic E-state index is 11.3. The van der Waals surface area contributed by atoms with Crippen molar-refractivity contribution in [3.63, 3.8) is 0 Å². The molecule has 24 heavy (non-hydrogen) atoms. The van der Waals surface area contributed by atoms with Gasteiger partial charge in [0.15, 0.2) is 0 Å². The summed E-state index contributed by atoms with van der Waals surface area (Å²) >= 11 is 0. The van der Waals surface area contributed by atoms with E-state index in [2.05, 4.69) is 18.7 Å².